The number of aromatic nitrogens is 5. The predicted octanol–water partition coefficient (Wildman–Crippen LogP) is 2.89. The molecule has 34 heavy (non-hydrogen) atoms. The summed E-state index contributed by atoms with van der Waals surface area (Å²) in [6.07, 6.45) is 4.74. The van der Waals surface area contributed by atoms with E-state index in [1.54, 1.807) is 35.5 Å². The van der Waals surface area contributed by atoms with E-state index in [1.807, 2.05) is 12.1 Å². The van der Waals surface area contributed by atoms with E-state index in [2.05, 4.69) is 25.0 Å². The number of carbonyl (C=O) groups excluding carboxylic acids is 1. The maximum Gasteiger partial charge on any atom is 0.272 e. The van der Waals surface area contributed by atoms with Gasteiger partial charge in [-0.15, -0.1) is 10.2 Å². The summed E-state index contributed by atoms with van der Waals surface area (Å²) in [5.41, 5.74) is 1.26. The van der Waals surface area contributed by atoms with Gasteiger partial charge in [0.15, 0.2) is 0 Å². The van der Waals surface area contributed by atoms with Gasteiger partial charge in [-0.2, -0.15) is 5.10 Å². The average molecular weight is 458 g/mol. The van der Waals surface area contributed by atoms with E-state index in [-0.39, 0.29) is 17.0 Å². The van der Waals surface area contributed by atoms with Crippen LogP contribution in [0, 0.1) is 11.7 Å². The Bertz CT molecular complexity index is 1460. The monoisotopic (exact) mass is 458 g/mol. The van der Waals surface area contributed by atoms with Gasteiger partial charge >= 0.3 is 0 Å². The molecule has 1 saturated heterocycles. The molecule has 9 heteroatoms. The van der Waals surface area contributed by atoms with Crippen molar-refractivity contribution in [2.75, 3.05) is 13.1 Å². The van der Waals surface area contributed by atoms with Gasteiger partial charge in [0.1, 0.15) is 18.0 Å². The average Bonchev–Trinajstić information content (AvgIpc) is 3.36. The first-order valence-corrected chi connectivity index (χ1v) is 11.5. The van der Waals surface area contributed by atoms with Crippen molar-refractivity contribution in [3.8, 4) is 0 Å². The molecule has 4 heterocycles. The van der Waals surface area contributed by atoms with Gasteiger partial charge in [0.25, 0.3) is 11.5 Å². The maximum atomic E-state index is 14.8. The van der Waals surface area contributed by atoms with Gasteiger partial charge in [-0.1, -0.05) is 24.3 Å². The van der Waals surface area contributed by atoms with Gasteiger partial charge in [-0.3, -0.25) is 9.59 Å². The molecule has 1 fully saturated rings. The van der Waals surface area contributed by atoms with E-state index >= 15 is 0 Å². The minimum Gasteiger partial charge on any atom is -0.338 e. The van der Waals surface area contributed by atoms with Crippen molar-refractivity contribution in [1.29, 1.82) is 0 Å². The molecule has 0 aliphatic carbocycles. The zero-order valence-electron chi connectivity index (χ0n) is 18.4. The van der Waals surface area contributed by atoms with Crippen LogP contribution in [0.1, 0.15) is 46.3 Å². The number of H-pyrrole nitrogens is 1. The largest absolute Gasteiger partial charge is 0.338 e. The van der Waals surface area contributed by atoms with Gasteiger partial charge in [0, 0.05) is 37.4 Å². The summed E-state index contributed by atoms with van der Waals surface area (Å²) in [6, 6.07) is 12.2. The summed E-state index contributed by atoms with van der Waals surface area (Å²) in [5, 5.41) is 16.3. The van der Waals surface area contributed by atoms with Gasteiger partial charge in [-0.25, -0.2) is 9.49 Å². The first-order valence-electron chi connectivity index (χ1n) is 11.5. The fourth-order valence-corrected chi connectivity index (χ4v) is 5.41. The fraction of sp³-hybridized carbons (Fsp3) is 0.320. The summed E-state index contributed by atoms with van der Waals surface area (Å²) in [6.45, 7) is 1.16. The minimum absolute atomic E-state index is 0.0745. The lowest BCUT2D eigenvalue weighted by atomic mass is 9.85. The fourth-order valence-electron chi connectivity index (χ4n) is 5.41. The normalized spacial score (nSPS) is 19.6. The number of benzene rings is 2. The number of hydrogen-bond donors (Lipinski definition) is 1. The lowest BCUT2D eigenvalue weighted by Gasteiger charge is -2.41. The number of aryl methyl sites for hydroxylation is 1. The molecule has 1 N–H and O–H groups in total. The first-order chi connectivity index (χ1) is 16.6. The molecule has 2 aliphatic heterocycles. The molecule has 2 atom stereocenters. The highest BCUT2D eigenvalue weighted by molar-refractivity contribution is 5.95. The van der Waals surface area contributed by atoms with Gasteiger partial charge in [0.2, 0.25) is 0 Å². The third-order valence-corrected chi connectivity index (χ3v) is 7.13. The van der Waals surface area contributed by atoms with Crippen molar-refractivity contribution < 1.29 is 9.18 Å². The zero-order chi connectivity index (χ0) is 23.2. The number of halogens is 1. The zero-order valence-corrected chi connectivity index (χ0v) is 18.4. The summed E-state index contributed by atoms with van der Waals surface area (Å²) >= 11 is 0. The molecule has 1 amide bonds. The van der Waals surface area contributed by atoms with Crippen LogP contribution >= 0.6 is 0 Å². The Hall–Kier alpha value is -3.88. The number of nitrogens with zero attached hydrogens (tertiary/aromatic N) is 5. The maximum absolute atomic E-state index is 14.8. The second-order valence-corrected chi connectivity index (χ2v) is 9.10. The molecule has 2 aromatic heterocycles. The smallest absolute Gasteiger partial charge is 0.272 e. The molecule has 172 valence electrons. The Kier molecular flexibility index (Phi) is 4.97. The molecule has 2 aromatic carbocycles. The predicted molar refractivity (Wildman–Crippen MR) is 123 cm³/mol. The van der Waals surface area contributed by atoms with Gasteiger partial charge in [-0.05, 0) is 42.5 Å². The van der Waals surface area contributed by atoms with E-state index in [1.165, 1.54) is 6.07 Å². The lowest BCUT2D eigenvalue weighted by molar-refractivity contribution is 0.0562. The molecule has 0 radical (unpaired) electrons. The summed E-state index contributed by atoms with van der Waals surface area (Å²) in [5.74, 6) is 0.499. The van der Waals surface area contributed by atoms with Crippen LogP contribution < -0.4 is 5.56 Å². The van der Waals surface area contributed by atoms with Crippen LogP contribution in [-0.4, -0.2) is 48.9 Å². The summed E-state index contributed by atoms with van der Waals surface area (Å²) in [4.78, 5) is 27.2. The number of rotatable bonds is 3. The molecule has 8 nitrogen and oxygen atoms in total. The number of amides is 1. The Morgan fingerprint density at radius 1 is 1.15 bits per heavy atom. The number of carbonyl (C=O) groups is 1. The molecular weight excluding hydrogens is 435 g/mol. The highest BCUT2D eigenvalue weighted by Crippen LogP contribution is 2.36. The van der Waals surface area contributed by atoms with Crippen LogP contribution in [0.25, 0.3) is 10.8 Å². The molecule has 4 aromatic rings. The van der Waals surface area contributed by atoms with Gasteiger partial charge < -0.3 is 9.47 Å². The Balaban J connectivity index is 1.25. The summed E-state index contributed by atoms with van der Waals surface area (Å²) < 4.78 is 16.9. The molecule has 2 aliphatic rings. The number of piperidine rings is 1. The van der Waals surface area contributed by atoms with Crippen LogP contribution in [0.5, 0.6) is 0 Å². The third kappa shape index (κ3) is 3.48. The second kappa shape index (κ2) is 8.16. The lowest BCUT2D eigenvalue weighted by Crippen LogP contribution is -2.46. The Morgan fingerprint density at radius 3 is 2.88 bits per heavy atom. The quantitative estimate of drug-likeness (QED) is 0.509. The van der Waals surface area contributed by atoms with Crippen LogP contribution in [0.2, 0.25) is 0 Å². The highest BCUT2D eigenvalue weighted by atomic mass is 19.1. The Morgan fingerprint density at radius 2 is 2.00 bits per heavy atom. The molecular formula is C25H23FN6O2. The van der Waals surface area contributed by atoms with E-state index in [4.69, 9.17) is 0 Å². The second-order valence-electron chi connectivity index (χ2n) is 9.10. The molecule has 0 spiro atoms. The van der Waals surface area contributed by atoms with Crippen molar-refractivity contribution in [2.24, 2.45) is 5.92 Å². The van der Waals surface area contributed by atoms with E-state index in [9.17, 15) is 14.0 Å². The SMILES string of the molecule is O=C(c1cc(Cc2n[nH]c(=O)c3ccccc23)ccc1F)N1CC[C@H]2C(CCc3nncn32)C1. The van der Waals surface area contributed by atoms with Crippen molar-refractivity contribution in [1.82, 2.24) is 29.9 Å². The van der Waals surface area contributed by atoms with Crippen LogP contribution in [0.3, 0.4) is 0 Å². The van der Waals surface area contributed by atoms with E-state index in [0.29, 0.717) is 42.6 Å². The van der Waals surface area contributed by atoms with Crippen molar-refractivity contribution >= 4 is 16.7 Å². The van der Waals surface area contributed by atoms with Crippen molar-refractivity contribution in [3.05, 3.63) is 87.6 Å². The molecule has 0 bridgehead atoms. The highest BCUT2D eigenvalue weighted by Gasteiger charge is 2.37. The first kappa shape index (κ1) is 20.7. The summed E-state index contributed by atoms with van der Waals surface area (Å²) in [7, 11) is 0. The topological polar surface area (TPSA) is 96.8 Å². The number of nitrogens with one attached hydrogen (secondary N) is 1. The third-order valence-electron chi connectivity index (χ3n) is 7.13. The van der Waals surface area contributed by atoms with Crippen LogP contribution in [0.4, 0.5) is 4.39 Å². The van der Waals surface area contributed by atoms with Crippen LogP contribution in [0.15, 0.2) is 53.6 Å². The molecule has 6 rings (SSSR count). The number of aromatic amines is 1. The van der Waals surface area contributed by atoms with Crippen molar-refractivity contribution in [2.45, 2.75) is 31.7 Å². The Labute approximate surface area is 194 Å². The number of fused-ring (bicyclic) bond motifs is 4. The van der Waals surface area contributed by atoms with E-state index in [0.717, 1.165) is 36.0 Å². The van der Waals surface area contributed by atoms with Crippen LogP contribution in [-0.2, 0) is 12.8 Å². The van der Waals surface area contributed by atoms with Gasteiger partial charge in [0.05, 0.1) is 16.6 Å². The van der Waals surface area contributed by atoms with E-state index < -0.39 is 5.82 Å². The minimum atomic E-state index is -0.528. The number of hydrogen-bond acceptors (Lipinski definition) is 5. The number of likely N-dealkylation sites (tertiary alicyclic amines) is 1. The molecule has 0 saturated carbocycles. The van der Waals surface area contributed by atoms with Crippen molar-refractivity contribution in [3.63, 3.8) is 0 Å². The molecule has 1 unspecified atom stereocenters. The standard InChI is InChI=1S/C25H23FN6O2/c26-20-7-5-15(12-21-17-3-1-2-4-18(17)24(33)30-28-21)11-19(20)25(34)31-10-9-22-16(13-31)6-8-23-29-27-14-32(22)23/h1-5,7,11,14,16,22H,6,8-10,12-13H2,(H,30,33)/t16?,22-/m0/s1.